The molecule has 2 rings (SSSR count). The van der Waals surface area contributed by atoms with Crippen LogP contribution in [0.15, 0.2) is 34.9 Å². The number of ether oxygens (including phenoxy) is 1. The van der Waals surface area contributed by atoms with Crippen molar-refractivity contribution in [1.82, 2.24) is 0 Å². The number of halogens is 5. The largest absolute Gasteiger partial charge is 0.478 e. The van der Waals surface area contributed by atoms with E-state index in [2.05, 4.69) is 4.74 Å². The summed E-state index contributed by atoms with van der Waals surface area (Å²) in [6, 6.07) is 0. The van der Waals surface area contributed by atoms with Crippen LogP contribution in [-0.4, -0.2) is 28.7 Å². The summed E-state index contributed by atoms with van der Waals surface area (Å²) >= 11 is 5.68. The lowest BCUT2D eigenvalue weighted by Crippen LogP contribution is -2.39. The molecule has 0 aromatic carbocycles. The van der Waals surface area contributed by atoms with Crippen molar-refractivity contribution in [2.24, 2.45) is 0 Å². The average molecular weight is 299 g/mol. The highest BCUT2D eigenvalue weighted by Gasteiger charge is 2.49. The van der Waals surface area contributed by atoms with Gasteiger partial charge in [0.1, 0.15) is 5.83 Å². The van der Waals surface area contributed by atoms with Gasteiger partial charge in [0.2, 0.25) is 6.10 Å². The van der Waals surface area contributed by atoms with Gasteiger partial charge in [-0.1, -0.05) is 6.08 Å². The molecule has 1 aliphatic heterocycles. The van der Waals surface area contributed by atoms with Crippen molar-refractivity contribution in [3.63, 3.8) is 0 Å². The maximum atomic E-state index is 13.5. The third-order valence-corrected chi connectivity index (χ3v) is 2.90. The summed E-state index contributed by atoms with van der Waals surface area (Å²) in [4.78, 5) is 10.8. The summed E-state index contributed by atoms with van der Waals surface area (Å²) in [5.74, 6) is -3.30. The predicted molar refractivity (Wildman–Crippen MR) is 57.1 cm³/mol. The van der Waals surface area contributed by atoms with E-state index in [1.165, 1.54) is 6.08 Å². The highest BCUT2D eigenvalue weighted by Crippen LogP contribution is 2.41. The quantitative estimate of drug-likeness (QED) is 0.598. The second-order valence-electron chi connectivity index (χ2n) is 4.02. The lowest BCUT2D eigenvalue weighted by Gasteiger charge is -2.30. The number of fused-ring (bicyclic) bond motifs is 1. The Morgan fingerprint density at radius 2 is 2.11 bits per heavy atom. The summed E-state index contributed by atoms with van der Waals surface area (Å²) in [5, 5.41) is 8.02. The zero-order valence-electron chi connectivity index (χ0n) is 9.17. The fourth-order valence-corrected chi connectivity index (χ4v) is 2.11. The summed E-state index contributed by atoms with van der Waals surface area (Å²) in [6.45, 7) is 0. The molecular weight excluding hydrogens is 292 g/mol. The molecule has 19 heavy (non-hydrogen) atoms. The van der Waals surface area contributed by atoms with Gasteiger partial charge in [-0.3, -0.25) is 0 Å². The Morgan fingerprint density at radius 3 is 2.63 bits per heavy atom. The van der Waals surface area contributed by atoms with Crippen molar-refractivity contribution in [3.8, 4) is 0 Å². The van der Waals surface area contributed by atoms with Crippen molar-refractivity contribution in [2.75, 3.05) is 0 Å². The first kappa shape index (κ1) is 13.9. The summed E-state index contributed by atoms with van der Waals surface area (Å²) < 4.78 is 56.1. The molecule has 1 heterocycles. The molecule has 0 radical (unpaired) electrons. The molecule has 0 fully saturated rings. The Balaban J connectivity index is 2.53. The molecule has 0 aromatic rings. The minimum Gasteiger partial charge on any atom is -0.478 e. The molecule has 3 nitrogen and oxygen atoms in total. The molecule has 2 atom stereocenters. The van der Waals surface area contributed by atoms with Crippen LogP contribution in [0.1, 0.15) is 6.42 Å². The molecule has 2 aliphatic rings. The monoisotopic (exact) mass is 298 g/mol. The Hall–Kier alpha value is -1.50. The highest BCUT2D eigenvalue weighted by atomic mass is 35.5. The Kier molecular flexibility index (Phi) is 3.34. The maximum absolute atomic E-state index is 13.5. The summed E-state index contributed by atoms with van der Waals surface area (Å²) in [7, 11) is 0. The molecule has 8 heteroatoms. The van der Waals surface area contributed by atoms with E-state index in [4.69, 9.17) is 16.7 Å². The van der Waals surface area contributed by atoms with Crippen LogP contribution in [0.4, 0.5) is 17.6 Å². The Morgan fingerprint density at radius 1 is 1.47 bits per heavy atom. The normalized spacial score (nSPS) is 27.2. The first-order chi connectivity index (χ1) is 8.70. The SMILES string of the molecule is O=C(O)C1=CC2=CC(Cl)CC(F)=C2OC1C(F)(F)F. The van der Waals surface area contributed by atoms with E-state index in [0.29, 0.717) is 0 Å². The topological polar surface area (TPSA) is 46.5 Å². The van der Waals surface area contributed by atoms with Gasteiger partial charge < -0.3 is 9.84 Å². The number of carbonyl (C=O) groups is 1. The van der Waals surface area contributed by atoms with Crippen LogP contribution in [0.25, 0.3) is 0 Å². The van der Waals surface area contributed by atoms with Crippen LogP contribution < -0.4 is 0 Å². The van der Waals surface area contributed by atoms with Crippen molar-refractivity contribution in [3.05, 3.63) is 34.9 Å². The lowest BCUT2D eigenvalue weighted by atomic mass is 9.95. The van der Waals surface area contributed by atoms with Crippen molar-refractivity contribution < 1.29 is 32.2 Å². The molecule has 2 unspecified atom stereocenters. The molecular formula is C11H7ClF4O3. The van der Waals surface area contributed by atoms with Crippen LogP contribution >= 0.6 is 11.6 Å². The van der Waals surface area contributed by atoms with Crippen LogP contribution in [0.3, 0.4) is 0 Å². The van der Waals surface area contributed by atoms with Crippen molar-refractivity contribution >= 4 is 17.6 Å². The second kappa shape index (κ2) is 4.56. The number of carboxylic acid groups (broad SMARTS) is 1. The molecule has 1 N–H and O–H groups in total. The molecule has 0 bridgehead atoms. The zero-order valence-corrected chi connectivity index (χ0v) is 9.93. The van der Waals surface area contributed by atoms with Gasteiger partial charge in [-0.2, -0.15) is 13.2 Å². The van der Waals surface area contributed by atoms with E-state index in [0.717, 1.165) is 6.08 Å². The van der Waals surface area contributed by atoms with Crippen LogP contribution in [0, 0.1) is 0 Å². The maximum Gasteiger partial charge on any atom is 0.430 e. The van der Waals surface area contributed by atoms with Gasteiger partial charge in [0.15, 0.2) is 5.76 Å². The second-order valence-corrected chi connectivity index (χ2v) is 4.58. The number of hydrogen-bond acceptors (Lipinski definition) is 2. The van der Waals surface area contributed by atoms with Gasteiger partial charge in [-0.15, -0.1) is 11.6 Å². The number of aliphatic carboxylic acids is 1. The minimum absolute atomic E-state index is 0.0818. The van der Waals surface area contributed by atoms with E-state index in [-0.39, 0.29) is 12.0 Å². The van der Waals surface area contributed by atoms with Gasteiger partial charge >= 0.3 is 12.1 Å². The zero-order chi connectivity index (χ0) is 14.4. The molecule has 0 saturated heterocycles. The first-order valence-corrected chi connectivity index (χ1v) is 5.57. The number of carboxylic acids is 1. The predicted octanol–water partition coefficient (Wildman–Crippen LogP) is 3.08. The van der Waals surface area contributed by atoms with Crippen LogP contribution in [0.2, 0.25) is 0 Å². The Labute approximate surface area is 109 Å². The van der Waals surface area contributed by atoms with Crippen LogP contribution in [0.5, 0.6) is 0 Å². The van der Waals surface area contributed by atoms with E-state index in [9.17, 15) is 22.4 Å². The summed E-state index contributed by atoms with van der Waals surface area (Å²) in [5.41, 5.74) is -1.08. The number of allylic oxidation sites excluding steroid dienone is 3. The Bertz CT molecular complexity index is 519. The van der Waals surface area contributed by atoms with Crippen molar-refractivity contribution in [1.29, 1.82) is 0 Å². The summed E-state index contributed by atoms with van der Waals surface area (Å²) in [6.07, 6.45) is -5.92. The highest BCUT2D eigenvalue weighted by molar-refractivity contribution is 6.22. The van der Waals surface area contributed by atoms with Gasteiger partial charge in [0, 0.05) is 12.0 Å². The first-order valence-electron chi connectivity index (χ1n) is 5.13. The standard InChI is InChI=1S/C11H7ClF4O3/c12-5-1-4-2-6(10(17)18)9(11(14,15)16)19-8(4)7(13)3-5/h1-2,5,9H,3H2,(H,17,18). The fraction of sp³-hybridized carbons (Fsp3) is 0.364. The number of hydrogen-bond donors (Lipinski definition) is 1. The van der Waals surface area contributed by atoms with Crippen molar-refractivity contribution in [2.45, 2.75) is 24.1 Å². The minimum atomic E-state index is -4.94. The molecule has 0 amide bonds. The van der Waals surface area contributed by atoms with Gasteiger partial charge in [0.25, 0.3) is 0 Å². The fourth-order valence-electron chi connectivity index (χ4n) is 1.84. The number of alkyl halides is 4. The van der Waals surface area contributed by atoms with E-state index < -0.39 is 40.8 Å². The molecule has 0 saturated carbocycles. The molecule has 0 spiro atoms. The third kappa shape index (κ3) is 2.60. The van der Waals surface area contributed by atoms with Gasteiger partial charge in [0.05, 0.1) is 11.0 Å². The third-order valence-electron chi connectivity index (χ3n) is 2.62. The van der Waals surface area contributed by atoms with Gasteiger partial charge in [-0.25, -0.2) is 9.18 Å². The number of rotatable bonds is 1. The van der Waals surface area contributed by atoms with Crippen LogP contribution in [-0.2, 0) is 9.53 Å². The molecule has 104 valence electrons. The smallest absolute Gasteiger partial charge is 0.430 e. The van der Waals surface area contributed by atoms with E-state index in [1.807, 2.05) is 0 Å². The molecule has 0 aromatic heterocycles. The molecule has 1 aliphatic carbocycles. The average Bonchev–Trinajstić information content (AvgIpc) is 2.25. The lowest BCUT2D eigenvalue weighted by molar-refractivity contribution is -0.200. The van der Waals surface area contributed by atoms with E-state index in [1.54, 1.807) is 0 Å². The van der Waals surface area contributed by atoms with Gasteiger partial charge in [-0.05, 0) is 6.08 Å². The van der Waals surface area contributed by atoms with E-state index >= 15 is 0 Å².